The van der Waals surface area contributed by atoms with E-state index in [0.717, 1.165) is 0 Å². The van der Waals surface area contributed by atoms with Gasteiger partial charge in [-0.1, -0.05) is 23.2 Å². The van der Waals surface area contributed by atoms with Gasteiger partial charge in [0.2, 0.25) is 0 Å². The lowest BCUT2D eigenvalue weighted by Gasteiger charge is -2.06. The second kappa shape index (κ2) is 6.81. The Labute approximate surface area is 109 Å². The van der Waals surface area contributed by atoms with Crippen molar-refractivity contribution in [1.29, 1.82) is 0 Å². The SMILES string of the molecule is O=C(OCCCC(O)O)c1cc(Cl)cc(Cl)c1. The summed E-state index contributed by atoms with van der Waals surface area (Å²) in [5.74, 6) is -0.540. The molecule has 0 aliphatic rings. The van der Waals surface area contributed by atoms with Crippen LogP contribution in [0.5, 0.6) is 0 Å². The predicted molar refractivity (Wildman–Crippen MR) is 64.2 cm³/mol. The standard InChI is InChI=1S/C11H12Cl2O4/c12-8-4-7(5-9(13)6-8)11(16)17-3-1-2-10(14)15/h4-6,10,14-15H,1-3H2. The molecule has 0 atom stereocenters. The second-order valence-corrected chi connectivity index (χ2v) is 4.29. The maximum Gasteiger partial charge on any atom is 0.338 e. The number of aliphatic hydroxyl groups excluding tert-OH is 1. The number of benzene rings is 1. The fourth-order valence-electron chi connectivity index (χ4n) is 1.19. The van der Waals surface area contributed by atoms with Crippen LogP contribution < -0.4 is 0 Å². The molecule has 0 aromatic heterocycles. The van der Waals surface area contributed by atoms with Crippen molar-refractivity contribution in [3.63, 3.8) is 0 Å². The average molecular weight is 279 g/mol. The molecule has 94 valence electrons. The third kappa shape index (κ3) is 5.37. The Morgan fingerprint density at radius 2 is 1.82 bits per heavy atom. The fourth-order valence-corrected chi connectivity index (χ4v) is 1.71. The third-order valence-corrected chi connectivity index (χ3v) is 2.37. The van der Waals surface area contributed by atoms with E-state index in [0.29, 0.717) is 16.5 Å². The van der Waals surface area contributed by atoms with E-state index in [4.69, 9.17) is 38.2 Å². The highest BCUT2D eigenvalue weighted by Gasteiger charge is 2.09. The van der Waals surface area contributed by atoms with Gasteiger partial charge >= 0.3 is 5.97 Å². The normalized spacial score (nSPS) is 10.6. The van der Waals surface area contributed by atoms with Gasteiger partial charge in [-0.15, -0.1) is 0 Å². The molecule has 0 unspecified atom stereocenters. The number of ether oxygens (including phenoxy) is 1. The van der Waals surface area contributed by atoms with Crippen molar-refractivity contribution in [2.45, 2.75) is 19.1 Å². The summed E-state index contributed by atoms with van der Waals surface area (Å²) in [4.78, 5) is 11.5. The van der Waals surface area contributed by atoms with Crippen molar-refractivity contribution in [3.05, 3.63) is 33.8 Å². The van der Waals surface area contributed by atoms with Crippen LogP contribution >= 0.6 is 23.2 Å². The van der Waals surface area contributed by atoms with Crippen LogP contribution in [0.3, 0.4) is 0 Å². The monoisotopic (exact) mass is 278 g/mol. The first kappa shape index (κ1) is 14.3. The van der Waals surface area contributed by atoms with Crippen LogP contribution in [0.4, 0.5) is 0 Å². The van der Waals surface area contributed by atoms with E-state index in [1.165, 1.54) is 18.2 Å². The molecule has 0 saturated carbocycles. The number of carbonyl (C=O) groups is 1. The van der Waals surface area contributed by atoms with E-state index >= 15 is 0 Å². The summed E-state index contributed by atoms with van der Waals surface area (Å²) in [7, 11) is 0. The van der Waals surface area contributed by atoms with Crippen molar-refractivity contribution in [1.82, 2.24) is 0 Å². The summed E-state index contributed by atoms with van der Waals surface area (Å²) in [5, 5.41) is 17.9. The molecular formula is C11H12Cl2O4. The largest absolute Gasteiger partial charge is 0.462 e. The van der Waals surface area contributed by atoms with Crippen LogP contribution in [0.15, 0.2) is 18.2 Å². The van der Waals surface area contributed by atoms with Gasteiger partial charge in [0, 0.05) is 16.5 Å². The van der Waals surface area contributed by atoms with Gasteiger partial charge in [-0.3, -0.25) is 0 Å². The number of rotatable bonds is 5. The van der Waals surface area contributed by atoms with Crippen molar-refractivity contribution in [2.75, 3.05) is 6.61 Å². The van der Waals surface area contributed by atoms with Crippen LogP contribution in [0, 0.1) is 0 Å². The van der Waals surface area contributed by atoms with Gasteiger partial charge in [0.05, 0.1) is 12.2 Å². The number of hydrogen-bond donors (Lipinski definition) is 2. The number of carbonyl (C=O) groups excluding carboxylic acids is 1. The molecule has 0 fully saturated rings. The van der Waals surface area contributed by atoms with Gasteiger partial charge in [0.25, 0.3) is 0 Å². The predicted octanol–water partition coefficient (Wildman–Crippen LogP) is 2.24. The Morgan fingerprint density at radius 3 is 2.35 bits per heavy atom. The molecule has 2 N–H and O–H groups in total. The number of esters is 1. The first-order valence-corrected chi connectivity index (χ1v) is 5.74. The minimum absolute atomic E-state index is 0.112. The van der Waals surface area contributed by atoms with Crippen LogP contribution in [0.1, 0.15) is 23.2 Å². The maximum absolute atomic E-state index is 11.5. The van der Waals surface area contributed by atoms with E-state index in [1.54, 1.807) is 0 Å². The van der Waals surface area contributed by atoms with Gasteiger partial charge in [0.1, 0.15) is 0 Å². The van der Waals surface area contributed by atoms with E-state index in [9.17, 15) is 4.79 Å². The lowest BCUT2D eigenvalue weighted by molar-refractivity contribution is -0.0493. The summed E-state index contributed by atoms with van der Waals surface area (Å²) in [6.45, 7) is 0.112. The third-order valence-electron chi connectivity index (χ3n) is 1.94. The van der Waals surface area contributed by atoms with Crippen molar-refractivity contribution in [3.8, 4) is 0 Å². The van der Waals surface area contributed by atoms with Crippen molar-refractivity contribution >= 4 is 29.2 Å². The quantitative estimate of drug-likeness (QED) is 0.493. The molecule has 0 bridgehead atoms. The molecule has 1 aromatic carbocycles. The molecule has 6 heteroatoms. The molecule has 0 saturated heterocycles. The zero-order valence-corrected chi connectivity index (χ0v) is 10.4. The minimum Gasteiger partial charge on any atom is -0.462 e. The van der Waals surface area contributed by atoms with Crippen LogP contribution in [-0.4, -0.2) is 29.1 Å². The summed E-state index contributed by atoms with van der Waals surface area (Å²) in [6.07, 6.45) is -0.851. The first-order chi connectivity index (χ1) is 7.99. The molecule has 0 aliphatic heterocycles. The summed E-state index contributed by atoms with van der Waals surface area (Å²) < 4.78 is 4.91. The molecule has 17 heavy (non-hydrogen) atoms. The Bertz CT molecular complexity index is 373. The zero-order valence-electron chi connectivity index (χ0n) is 8.90. The summed E-state index contributed by atoms with van der Waals surface area (Å²) in [6, 6.07) is 4.43. The Kier molecular flexibility index (Phi) is 5.71. The molecule has 0 amide bonds. The molecule has 0 aliphatic carbocycles. The summed E-state index contributed by atoms with van der Waals surface area (Å²) >= 11 is 11.5. The Hall–Kier alpha value is -0.810. The molecule has 0 spiro atoms. The van der Waals surface area contributed by atoms with Crippen LogP contribution in [0.25, 0.3) is 0 Å². The number of aliphatic hydroxyl groups is 2. The zero-order chi connectivity index (χ0) is 12.8. The van der Waals surface area contributed by atoms with Crippen LogP contribution in [0.2, 0.25) is 10.0 Å². The van der Waals surface area contributed by atoms with Crippen LogP contribution in [-0.2, 0) is 4.74 Å². The maximum atomic E-state index is 11.5. The van der Waals surface area contributed by atoms with Gasteiger partial charge in [-0.2, -0.15) is 0 Å². The lowest BCUT2D eigenvalue weighted by Crippen LogP contribution is -2.10. The van der Waals surface area contributed by atoms with Gasteiger partial charge in [-0.25, -0.2) is 4.79 Å². The van der Waals surface area contributed by atoms with Gasteiger partial charge in [0.15, 0.2) is 6.29 Å². The second-order valence-electron chi connectivity index (χ2n) is 3.42. The molecule has 1 aromatic rings. The molecule has 0 radical (unpaired) electrons. The average Bonchev–Trinajstić information content (AvgIpc) is 2.22. The topological polar surface area (TPSA) is 66.8 Å². The smallest absolute Gasteiger partial charge is 0.338 e. The van der Waals surface area contributed by atoms with Crippen molar-refractivity contribution < 1.29 is 19.7 Å². The van der Waals surface area contributed by atoms with Gasteiger partial charge < -0.3 is 14.9 Å². The minimum atomic E-state index is -1.38. The molecule has 0 heterocycles. The molecule has 4 nitrogen and oxygen atoms in total. The van der Waals surface area contributed by atoms with E-state index < -0.39 is 12.3 Å². The molecular weight excluding hydrogens is 267 g/mol. The highest BCUT2D eigenvalue weighted by atomic mass is 35.5. The first-order valence-electron chi connectivity index (χ1n) is 4.98. The van der Waals surface area contributed by atoms with E-state index in [1.807, 2.05) is 0 Å². The van der Waals surface area contributed by atoms with E-state index in [2.05, 4.69) is 0 Å². The fraction of sp³-hybridized carbons (Fsp3) is 0.364. The highest BCUT2D eigenvalue weighted by molar-refractivity contribution is 6.35. The summed E-state index contributed by atoms with van der Waals surface area (Å²) in [5.41, 5.74) is 0.270. The molecule has 1 rings (SSSR count). The van der Waals surface area contributed by atoms with E-state index in [-0.39, 0.29) is 18.6 Å². The Balaban J connectivity index is 2.47. The highest BCUT2D eigenvalue weighted by Crippen LogP contribution is 2.19. The lowest BCUT2D eigenvalue weighted by atomic mass is 10.2. The Morgan fingerprint density at radius 1 is 1.24 bits per heavy atom. The number of halogens is 2. The number of hydrogen-bond acceptors (Lipinski definition) is 4. The van der Waals surface area contributed by atoms with Crippen molar-refractivity contribution in [2.24, 2.45) is 0 Å². The van der Waals surface area contributed by atoms with Gasteiger partial charge in [-0.05, 0) is 24.6 Å².